The first-order valence-corrected chi connectivity index (χ1v) is 8.05. The van der Waals surface area contributed by atoms with Gasteiger partial charge >= 0.3 is 0 Å². The van der Waals surface area contributed by atoms with E-state index >= 15 is 0 Å². The molecule has 132 valence electrons. The minimum Gasteiger partial charge on any atom is -0.495 e. The van der Waals surface area contributed by atoms with E-state index in [1.54, 1.807) is 7.11 Å². The van der Waals surface area contributed by atoms with Crippen molar-refractivity contribution < 1.29 is 9.53 Å². The van der Waals surface area contributed by atoms with Crippen molar-refractivity contribution in [1.82, 2.24) is 15.1 Å². The molecule has 0 unspecified atom stereocenters. The summed E-state index contributed by atoms with van der Waals surface area (Å²) in [5.41, 5.74) is 1.37. The molecule has 25 heavy (non-hydrogen) atoms. The highest BCUT2D eigenvalue weighted by Crippen LogP contribution is 2.30. The number of nitrogens with zero attached hydrogens (tertiary/aromatic N) is 3. The second-order valence-electron chi connectivity index (χ2n) is 5.94. The smallest absolute Gasteiger partial charge is 0.276 e. The van der Waals surface area contributed by atoms with Crippen molar-refractivity contribution in [2.24, 2.45) is 0 Å². The molecule has 0 spiro atoms. The van der Waals surface area contributed by atoms with Gasteiger partial charge in [-0.2, -0.15) is 5.10 Å². The van der Waals surface area contributed by atoms with E-state index in [-0.39, 0.29) is 11.3 Å². The molecule has 1 aliphatic rings. The van der Waals surface area contributed by atoms with E-state index in [9.17, 15) is 9.59 Å². The summed E-state index contributed by atoms with van der Waals surface area (Å²) in [6.07, 6.45) is 0. The molecule has 3 rings (SSSR count). The molecule has 1 aromatic carbocycles. The second-order valence-corrected chi connectivity index (χ2v) is 5.94. The number of carbonyl (C=O) groups excluding carboxylic acids is 1. The average Bonchev–Trinajstić information content (AvgIpc) is 2.63. The fourth-order valence-corrected chi connectivity index (χ4v) is 2.71. The zero-order chi connectivity index (χ0) is 17.8. The summed E-state index contributed by atoms with van der Waals surface area (Å²) in [6, 6.07) is 8.36. The Hall–Kier alpha value is -2.87. The number of aromatic nitrogens is 2. The lowest BCUT2D eigenvalue weighted by Crippen LogP contribution is -2.44. The molecule has 0 radical (unpaired) electrons. The number of anilines is 2. The number of methoxy groups -OCH3 is 1. The molecule has 0 aliphatic carbocycles. The van der Waals surface area contributed by atoms with Gasteiger partial charge in [0.15, 0.2) is 0 Å². The number of piperazine rings is 1. The lowest BCUT2D eigenvalue weighted by atomic mass is 10.2. The largest absolute Gasteiger partial charge is 0.495 e. The monoisotopic (exact) mass is 343 g/mol. The fourth-order valence-electron chi connectivity index (χ4n) is 2.71. The van der Waals surface area contributed by atoms with Crippen molar-refractivity contribution in [3.63, 3.8) is 0 Å². The molecule has 2 aromatic rings. The second kappa shape index (κ2) is 7.35. The molecule has 1 saturated heterocycles. The van der Waals surface area contributed by atoms with Gasteiger partial charge in [-0.1, -0.05) is 0 Å². The molecule has 8 nitrogen and oxygen atoms in total. The van der Waals surface area contributed by atoms with E-state index in [0.717, 1.165) is 31.9 Å². The summed E-state index contributed by atoms with van der Waals surface area (Å²) in [7, 11) is 3.66. The summed E-state index contributed by atoms with van der Waals surface area (Å²) in [5.74, 6) is 0.153. The highest BCUT2D eigenvalue weighted by atomic mass is 16.5. The van der Waals surface area contributed by atoms with Gasteiger partial charge in [0.05, 0.1) is 12.8 Å². The number of likely N-dealkylation sites (N-methyl/N-ethyl adjacent to an activating group) is 1. The van der Waals surface area contributed by atoms with Crippen LogP contribution in [0.3, 0.4) is 0 Å². The van der Waals surface area contributed by atoms with Crippen molar-refractivity contribution in [2.45, 2.75) is 0 Å². The van der Waals surface area contributed by atoms with Crippen molar-refractivity contribution in [2.75, 3.05) is 50.6 Å². The van der Waals surface area contributed by atoms with E-state index in [0.29, 0.717) is 11.4 Å². The van der Waals surface area contributed by atoms with Crippen molar-refractivity contribution in [3.8, 4) is 5.75 Å². The van der Waals surface area contributed by atoms with Crippen LogP contribution in [0.25, 0.3) is 0 Å². The Morgan fingerprint density at radius 3 is 2.60 bits per heavy atom. The molecule has 1 aliphatic heterocycles. The van der Waals surface area contributed by atoms with Crippen molar-refractivity contribution >= 4 is 17.3 Å². The quantitative estimate of drug-likeness (QED) is 0.853. The summed E-state index contributed by atoms with van der Waals surface area (Å²) in [4.78, 5) is 28.0. The number of nitrogens with one attached hydrogen (secondary N) is 2. The highest BCUT2D eigenvalue weighted by Gasteiger charge is 2.17. The van der Waals surface area contributed by atoms with Gasteiger partial charge in [0.25, 0.3) is 11.5 Å². The number of hydrogen-bond donors (Lipinski definition) is 2. The van der Waals surface area contributed by atoms with Gasteiger partial charge in [0, 0.05) is 37.9 Å². The van der Waals surface area contributed by atoms with Gasteiger partial charge < -0.3 is 19.9 Å². The molecular weight excluding hydrogens is 322 g/mol. The molecule has 0 atom stereocenters. The minimum atomic E-state index is -0.412. The number of benzene rings is 1. The number of ether oxygens (including phenoxy) is 1. The highest BCUT2D eigenvalue weighted by molar-refractivity contribution is 6.03. The third-order valence-electron chi connectivity index (χ3n) is 4.21. The molecule has 2 heterocycles. The Balaban J connectivity index is 1.81. The van der Waals surface area contributed by atoms with Gasteiger partial charge in [-0.05, 0) is 31.3 Å². The summed E-state index contributed by atoms with van der Waals surface area (Å²) >= 11 is 0. The molecule has 0 bridgehead atoms. The Kier molecular flexibility index (Phi) is 4.99. The number of hydrogen-bond acceptors (Lipinski definition) is 6. The van der Waals surface area contributed by atoms with Crippen LogP contribution in [-0.4, -0.2) is 61.3 Å². The zero-order valence-electron chi connectivity index (χ0n) is 14.3. The molecule has 0 saturated carbocycles. The minimum absolute atomic E-state index is 0.131. The van der Waals surface area contributed by atoms with Crippen molar-refractivity contribution in [3.05, 3.63) is 46.4 Å². The Bertz CT molecular complexity index is 792. The van der Waals surface area contributed by atoms with Crippen LogP contribution in [0.2, 0.25) is 0 Å². The van der Waals surface area contributed by atoms with E-state index in [4.69, 9.17) is 4.74 Å². The predicted octanol–water partition coefficient (Wildman–Crippen LogP) is 0.783. The first kappa shape index (κ1) is 17.0. The predicted molar refractivity (Wildman–Crippen MR) is 95.5 cm³/mol. The summed E-state index contributed by atoms with van der Waals surface area (Å²) < 4.78 is 5.34. The standard InChI is InChI=1S/C17H21N5O3/c1-21-7-9-22(10-8-21)12-3-5-15(25-2)14(11-12)18-17(24)13-4-6-16(23)20-19-13/h3-6,11H,7-10H2,1-2H3,(H,18,24)(H,20,23). The average molecular weight is 343 g/mol. The van der Waals surface area contributed by atoms with Crippen LogP contribution < -0.4 is 20.5 Å². The number of H-pyrrole nitrogens is 1. The van der Waals surface area contributed by atoms with E-state index in [2.05, 4.69) is 32.4 Å². The van der Waals surface area contributed by atoms with Gasteiger partial charge in [0.1, 0.15) is 11.4 Å². The van der Waals surface area contributed by atoms with E-state index in [1.165, 1.54) is 12.1 Å². The van der Waals surface area contributed by atoms with Crippen LogP contribution in [0.5, 0.6) is 5.75 Å². The SMILES string of the molecule is COc1ccc(N2CCN(C)CC2)cc1NC(=O)c1ccc(=O)[nH]n1. The van der Waals surface area contributed by atoms with Crippen LogP contribution >= 0.6 is 0 Å². The van der Waals surface area contributed by atoms with Crippen LogP contribution in [-0.2, 0) is 0 Å². The lowest BCUT2D eigenvalue weighted by Gasteiger charge is -2.34. The van der Waals surface area contributed by atoms with Crippen molar-refractivity contribution in [1.29, 1.82) is 0 Å². The number of rotatable bonds is 4. The van der Waals surface area contributed by atoms with Gasteiger partial charge in [0.2, 0.25) is 0 Å². The van der Waals surface area contributed by atoms with Crippen LogP contribution in [0.15, 0.2) is 35.1 Å². The molecule has 8 heteroatoms. The van der Waals surface area contributed by atoms with E-state index in [1.807, 2.05) is 18.2 Å². The van der Waals surface area contributed by atoms with Gasteiger partial charge in [-0.3, -0.25) is 9.59 Å². The van der Waals surface area contributed by atoms with E-state index < -0.39 is 5.91 Å². The number of amides is 1. The maximum absolute atomic E-state index is 12.4. The van der Waals surface area contributed by atoms with Gasteiger partial charge in [-0.25, -0.2) is 5.10 Å². The molecule has 2 N–H and O–H groups in total. The molecule has 1 amide bonds. The first-order chi connectivity index (χ1) is 12.1. The lowest BCUT2D eigenvalue weighted by molar-refractivity contribution is 0.102. The zero-order valence-corrected chi connectivity index (χ0v) is 14.3. The molecule has 1 fully saturated rings. The van der Waals surface area contributed by atoms with Crippen LogP contribution in [0, 0.1) is 0 Å². The topological polar surface area (TPSA) is 90.6 Å². The summed E-state index contributed by atoms with van der Waals surface area (Å²) in [5, 5.41) is 8.80. The fraction of sp³-hybridized carbons (Fsp3) is 0.353. The van der Waals surface area contributed by atoms with Crippen LogP contribution in [0.4, 0.5) is 11.4 Å². The molecule has 1 aromatic heterocycles. The Morgan fingerprint density at radius 2 is 1.96 bits per heavy atom. The maximum atomic E-state index is 12.4. The van der Waals surface area contributed by atoms with Gasteiger partial charge in [-0.15, -0.1) is 0 Å². The first-order valence-electron chi connectivity index (χ1n) is 8.05. The third-order valence-corrected chi connectivity index (χ3v) is 4.21. The summed E-state index contributed by atoms with van der Waals surface area (Å²) in [6.45, 7) is 3.85. The third kappa shape index (κ3) is 3.97. The Morgan fingerprint density at radius 1 is 1.20 bits per heavy atom. The maximum Gasteiger partial charge on any atom is 0.276 e. The molecular formula is C17H21N5O3. The number of carbonyl (C=O) groups is 1. The normalized spacial score (nSPS) is 15.0. The van der Waals surface area contributed by atoms with Crippen LogP contribution in [0.1, 0.15) is 10.5 Å². The Labute approximate surface area is 145 Å². The number of aromatic amines is 1.